The van der Waals surface area contributed by atoms with E-state index in [4.69, 9.17) is 28.8 Å². The molecule has 1 atom stereocenters. The lowest BCUT2D eigenvalue weighted by Gasteiger charge is -2.29. The minimum atomic E-state index is -0.0519. The van der Waals surface area contributed by atoms with Gasteiger partial charge in [0.2, 0.25) is 0 Å². The van der Waals surface area contributed by atoms with Gasteiger partial charge in [0.1, 0.15) is 23.8 Å². The molecule has 1 aromatic heterocycles. The molecule has 4 bridgehead atoms. The second kappa shape index (κ2) is 10.4. The third-order valence-electron chi connectivity index (χ3n) is 6.85. The van der Waals surface area contributed by atoms with E-state index in [-0.39, 0.29) is 6.23 Å². The molecule has 1 unspecified atom stereocenters. The van der Waals surface area contributed by atoms with Gasteiger partial charge < -0.3 is 28.6 Å². The Hall–Kier alpha value is -2.81. The van der Waals surface area contributed by atoms with Crippen molar-refractivity contribution in [3.63, 3.8) is 0 Å². The van der Waals surface area contributed by atoms with Crippen molar-refractivity contribution < 1.29 is 23.7 Å². The number of benzene rings is 2. The van der Waals surface area contributed by atoms with Crippen molar-refractivity contribution in [1.82, 2.24) is 9.78 Å². The molecular formula is C27H33N3O5. The van der Waals surface area contributed by atoms with E-state index >= 15 is 0 Å². The lowest BCUT2D eigenvalue weighted by molar-refractivity contribution is -0.0365. The zero-order chi connectivity index (χ0) is 23.5. The first-order chi connectivity index (χ1) is 17.3. The third-order valence-corrected chi connectivity index (χ3v) is 6.85. The third kappa shape index (κ3) is 4.96. The molecule has 3 aliphatic heterocycles. The Kier molecular flexibility index (Phi) is 6.75. The van der Waals surface area contributed by atoms with Crippen LogP contribution >= 0.6 is 0 Å². The van der Waals surface area contributed by atoms with Crippen molar-refractivity contribution in [2.75, 3.05) is 64.2 Å². The fourth-order valence-corrected chi connectivity index (χ4v) is 5.04. The van der Waals surface area contributed by atoms with Gasteiger partial charge in [-0.3, -0.25) is 0 Å². The molecule has 35 heavy (non-hydrogen) atoms. The SMILES string of the molecule is c1cc2c3cc1OCCOCCCOc1cc(cc(N4CCOCC4)c1)-c3nn2C1CCCCO1. The van der Waals surface area contributed by atoms with Crippen LogP contribution in [0.15, 0.2) is 36.4 Å². The number of fused-ring (bicyclic) bond motifs is 4. The van der Waals surface area contributed by atoms with Gasteiger partial charge in [0, 0.05) is 55.4 Å². The second-order valence-electron chi connectivity index (χ2n) is 9.27. The van der Waals surface area contributed by atoms with Gasteiger partial charge in [0.05, 0.1) is 31.9 Å². The molecule has 2 fully saturated rings. The van der Waals surface area contributed by atoms with Gasteiger partial charge in [-0.15, -0.1) is 0 Å². The van der Waals surface area contributed by atoms with Crippen LogP contribution in [0.4, 0.5) is 5.69 Å². The van der Waals surface area contributed by atoms with Crippen molar-refractivity contribution in [2.45, 2.75) is 31.9 Å². The van der Waals surface area contributed by atoms with Crippen LogP contribution in [-0.2, 0) is 14.2 Å². The summed E-state index contributed by atoms with van der Waals surface area (Å²) >= 11 is 0. The van der Waals surface area contributed by atoms with Crippen LogP contribution in [0.3, 0.4) is 0 Å². The molecular weight excluding hydrogens is 446 g/mol. The van der Waals surface area contributed by atoms with Crippen LogP contribution in [0.5, 0.6) is 11.5 Å². The number of rotatable bonds is 2. The summed E-state index contributed by atoms with van der Waals surface area (Å²) in [7, 11) is 0. The predicted molar refractivity (Wildman–Crippen MR) is 133 cm³/mol. The molecule has 0 aliphatic carbocycles. The van der Waals surface area contributed by atoms with Gasteiger partial charge in [-0.2, -0.15) is 5.10 Å². The van der Waals surface area contributed by atoms with E-state index in [1.54, 1.807) is 0 Å². The zero-order valence-electron chi connectivity index (χ0n) is 20.1. The molecule has 3 aliphatic rings. The highest BCUT2D eigenvalue weighted by Gasteiger charge is 2.23. The van der Waals surface area contributed by atoms with Crippen molar-refractivity contribution in [3.05, 3.63) is 36.4 Å². The summed E-state index contributed by atoms with van der Waals surface area (Å²) in [5.41, 5.74) is 4.14. The monoisotopic (exact) mass is 479 g/mol. The highest BCUT2D eigenvalue weighted by atomic mass is 16.5. The molecule has 8 nitrogen and oxygen atoms in total. The standard InChI is InChI=1S/C27H33N3O5/c1-2-10-35-26(4-1)30-25-6-5-22-19-24(25)27(28-30)20-16-21(29-7-12-32-13-8-29)18-23(17-20)33-11-3-9-31-14-15-34-22/h5-6,16-19,26H,1-4,7-15H2. The fourth-order valence-electron chi connectivity index (χ4n) is 5.04. The minimum Gasteiger partial charge on any atom is -0.493 e. The average Bonchev–Trinajstić information content (AvgIpc) is 3.29. The largest absolute Gasteiger partial charge is 0.493 e. The van der Waals surface area contributed by atoms with Crippen molar-refractivity contribution in [2.24, 2.45) is 0 Å². The Morgan fingerprint density at radius 1 is 0.743 bits per heavy atom. The van der Waals surface area contributed by atoms with Gasteiger partial charge in [-0.1, -0.05) is 0 Å². The molecule has 0 N–H and O–H groups in total. The summed E-state index contributed by atoms with van der Waals surface area (Å²) in [5.74, 6) is 1.67. The molecule has 0 radical (unpaired) electrons. The van der Waals surface area contributed by atoms with E-state index in [9.17, 15) is 0 Å². The number of hydrogen-bond donors (Lipinski definition) is 0. The first-order valence-electron chi connectivity index (χ1n) is 12.8. The normalized spacial score (nSPS) is 21.7. The Labute approximate surface area is 205 Å². The van der Waals surface area contributed by atoms with E-state index in [1.807, 2.05) is 6.07 Å². The second-order valence-corrected chi connectivity index (χ2v) is 9.27. The average molecular weight is 480 g/mol. The summed E-state index contributed by atoms with van der Waals surface area (Å²) in [5, 5.41) is 6.19. The van der Waals surface area contributed by atoms with Crippen LogP contribution in [0.25, 0.3) is 22.2 Å². The number of hydrogen-bond acceptors (Lipinski definition) is 7. The molecule has 0 spiro atoms. The summed E-state index contributed by atoms with van der Waals surface area (Å²) in [6.45, 7) is 6.26. The number of nitrogens with zero attached hydrogens (tertiary/aromatic N) is 3. The van der Waals surface area contributed by atoms with Gasteiger partial charge in [-0.05, 0) is 49.6 Å². The highest BCUT2D eigenvalue weighted by Crippen LogP contribution is 2.38. The Bertz CT molecular complexity index is 1150. The maximum absolute atomic E-state index is 6.20. The van der Waals surface area contributed by atoms with Crippen LogP contribution < -0.4 is 14.4 Å². The molecule has 3 aromatic rings. The first-order valence-corrected chi connectivity index (χ1v) is 12.8. The minimum absolute atomic E-state index is 0.0519. The first kappa shape index (κ1) is 22.6. The lowest BCUT2D eigenvalue weighted by atomic mass is 10.1. The molecule has 6 rings (SSSR count). The lowest BCUT2D eigenvalue weighted by Crippen LogP contribution is -2.36. The van der Waals surface area contributed by atoms with Gasteiger partial charge in [-0.25, -0.2) is 4.68 Å². The van der Waals surface area contributed by atoms with Crippen molar-refractivity contribution >= 4 is 16.6 Å². The van der Waals surface area contributed by atoms with Gasteiger partial charge in [0.15, 0.2) is 6.23 Å². The summed E-state index contributed by atoms with van der Waals surface area (Å²) in [4.78, 5) is 2.36. The molecule has 2 saturated heterocycles. The number of anilines is 1. The Balaban J connectivity index is 1.48. The maximum atomic E-state index is 6.20. The molecule has 0 amide bonds. The maximum Gasteiger partial charge on any atom is 0.150 e. The van der Waals surface area contributed by atoms with E-state index < -0.39 is 0 Å². The van der Waals surface area contributed by atoms with Gasteiger partial charge >= 0.3 is 0 Å². The van der Waals surface area contributed by atoms with Crippen LogP contribution in [0.2, 0.25) is 0 Å². The molecule has 4 heterocycles. The summed E-state index contributed by atoms with van der Waals surface area (Å²) in [6, 6.07) is 12.7. The smallest absolute Gasteiger partial charge is 0.150 e. The highest BCUT2D eigenvalue weighted by molar-refractivity contribution is 5.95. The molecule has 2 aromatic carbocycles. The van der Waals surface area contributed by atoms with E-state index in [1.165, 1.54) is 0 Å². The quantitative estimate of drug-likeness (QED) is 0.539. The van der Waals surface area contributed by atoms with E-state index in [2.05, 4.69) is 39.9 Å². The molecule has 0 saturated carbocycles. The topological polar surface area (TPSA) is 67.2 Å². The summed E-state index contributed by atoms with van der Waals surface area (Å²) < 4.78 is 31.7. The molecule has 186 valence electrons. The Morgan fingerprint density at radius 3 is 2.51 bits per heavy atom. The summed E-state index contributed by atoms with van der Waals surface area (Å²) in [6.07, 6.45) is 3.98. The van der Waals surface area contributed by atoms with Crippen molar-refractivity contribution in [3.8, 4) is 22.8 Å². The number of morpholine rings is 1. The van der Waals surface area contributed by atoms with Gasteiger partial charge in [0.25, 0.3) is 0 Å². The van der Waals surface area contributed by atoms with Crippen molar-refractivity contribution in [1.29, 1.82) is 0 Å². The van der Waals surface area contributed by atoms with Crippen LogP contribution in [0.1, 0.15) is 31.9 Å². The Morgan fingerprint density at radius 2 is 1.63 bits per heavy atom. The van der Waals surface area contributed by atoms with Crippen LogP contribution in [0, 0.1) is 0 Å². The number of aromatic nitrogens is 2. The fraction of sp³-hybridized carbons (Fsp3) is 0.519. The van der Waals surface area contributed by atoms with E-state index in [0.717, 1.165) is 97.9 Å². The van der Waals surface area contributed by atoms with E-state index in [0.29, 0.717) is 26.4 Å². The predicted octanol–water partition coefficient (Wildman–Crippen LogP) is 4.42. The molecule has 8 heteroatoms. The number of ether oxygens (including phenoxy) is 5. The zero-order valence-corrected chi connectivity index (χ0v) is 20.1. The van der Waals surface area contributed by atoms with Crippen LogP contribution in [-0.4, -0.2) is 69.1 Å².